The van der Waals surface area contributed by atoms with Gasteiger partial charge in [-0.1, -0.05) is 39.0 Å². The number of nitrogens with two attached hydrogens (primary N) is 1. The minimum absolute atomic E-state index is 0.0163. The molecule has 39 nitrogen and oxygen atoms in total. The Bertz CT molecular complexity index is 7170. The number of ether oxygens (including phenoxy) is 1. The van der Waals surface area contributed by atoms with Gasteiger partial charge in [0.1, 0.15) is 75.6 Å². The smallest absolute Gasteiger partial charge is 0.412 e. The number of hydrogen-bond donors (Lipinski definition) is 16. The number of phenolic OH excluding ortho intramolecular Hbond substituents is 1. The van der Waals surface area contributed by atoms with Gasteiger partial charge in [0, 0.05) is 147 Å². The minimum atomic E-state index is -0.678. The van der Waals surface area contributed by atoms with Crippen LogP contribution in [0, 0.1) is 29.4 Å². The molecule has 17 N–H and O–H groups in total. The van der Waals surface area contributed by atoms with Crippen LogP contribution in [0.2, 0.25) is 0 Å². The normalized spacial score (nSPS) is 18.7. The molecule has 6 aliphatic carbocycles. The summed E-state index contributed by atoms with van der Waals surface area (Å²) in [7, 11) is 1.29. The Morgan fingerprint density at radius 2 is 0.757 bits per heavy atom. The Morgan fingerprint density at radius 1 is 0.426 bits per heavy atom. The fourth-order valence-corrected chi connectivity index (χ4v) is 15.4. The van der Waals surface area contributed by atoms with Crippen LogP contribution in [0.15, 0.2) is 193 Å². The molecule has 12 aromatic rings. The summed E-state index contributed by atoms with van der Waals surface area (Å²) in [4.78, 5) is 104. The van der Waals surface area contributed by atoms with Crippen molar-refractivity contribution in [2.75, 3.05) is 73.8 Å². The summed E-state index contributed by atoms with van der Waals surface area (Å²) in [5.41, 5.74) is 20.8. The molecule has 5 aliphatic heterocycles. The van der Waals surface area contributed by atoms with Gasteiger partial charge < -0.3 is 84.7 Å². The van der Waals surface area contributed by atoms with Gasteiger partial charge in [0.05, 0.1) is 70.2 Å². The molecule has 6 saturated carbocycles. The molecule has 136 heavy (non-hydrogen) atoms. The summed E-state index contributed by atoms with van der Waals surface area (Å²) in [6.45, 7) is 21.0. The highest BCUT2D eigenvalue weighted by Gasteiger charge is 2.34. The van der Waals surface area contributed by atoms with Crippen LogP contribution in [0.25, 0.3) is 58.6 Å². The number of carbonyl (C=O) groups is 7. The number of benzene rings is 2. The molecule has 0 spiro atoms. The molecule has 11 aliphatic rings. The molecule has 0 bridgehead atoms. The van der Waals surface area contributed by atoms with Crippen LogP contribution in [0.5, 0.6) is 5.75 Å². The quantitative estimate of drug-likeness (QED) is 0.0267. The summed E-state index contributed by atoms with van der Waals surface area (Å²) in [6, 6.07) is 20.4. The molecular formula is C95H96F2N30O9. The van der Waals surface area contributed by atoms with Crippen molar-refractivity contribution in [3.8, 4) is 5.75 Å². The summed E-state index contributed by atoms with van der Waals surface area (Å²) in [5.74, 6) is 6.18. The minimum Gasteiger partial charge on any atom is -0.508 e. The van der Waals surface area contributed by atoms with Crippen molar-refractivity contribution in [1.82, 2.24) is 99.6 Å². The van der Waals surface area contributed by atoms with Crippen LogP contribution in [0.1, 0.15) is 137 Å². The number of rotatable bonds is 24. The highest BCUT2D eigenvalue weighted by molar-refractivity contribution is 5.96. The topological polar surface area (TPSA) is 494 Å². The molecule has 0 unspecified atom stereocenters. The van der Waals surface area contributed by atoms with Crippen molar-refractivity contribution < 1.29 is 52.2 Å². The van der Waals surface area contributed by atoms with Crippen molar-refractivity contribution in [3.05, 3.63) is 232 Å². The van der Waals surface area contributed by atoms with Crippen molar-refractivity contribution in [3.63, 3.8) is 0 Å². The third-order valence-corrected chi connectivity index (χ3v) is 23.5. The molecule has 11 fully saturated rings. The number of halogens is 2. The first kappa shape index (κ1) is 88.4. The molecular weight excluding hydrogens is 1740 g/mol. The van der Waals surface area contributed by atoms with E-state index in [0.717, 1.165) is 150 Å². The zero-order valence-electron chi connectivity index (χ0n) is 73.9. The van der Waals surface area contributed by atoms with Gasteiger partial charge in [-0.2, -0.15) is 48.1 Å². The molecule has 7 amide bonds. The van der Waals surface area contributed by atoms with E-state index in [1.54, 1.807) is 90.0 Å². The van der Waals surface area contributed by atoms with Crippen LogP contribution in [-0.4, -0.2) is 158 Å². The van der Waals surface area contributed by atoms with Gasteiger partial charge in [0.15, 0.2) is 28.2 Å². The second kappa shape index (κ2) is 37.4. The Kier molecular flexibility index (Phi) is 24.3. The molecule has 0 atom stereocenters. The second-order valence-corrected chi connectivity index (χ2v) is 35.0. The number of nitrogen functional groups attached to an aromatic ring is 1. The van der Waals surface area contributed by atoms with E-state index < -0.39 is 17.7 Å². The lowest BCUT2D eigenvalue weighted by Gasteiger charge is -2.12. The Morgan fingerprint density at radius 3 is 1.09 bits per heavy atom. The summed E-state index contributed by atoms with van der Waals surface area (Å²) in [6.07, 6.45) is 32.2. The van der Waals surface area contributed by atoms with E-state index in [9.17, 15) is 47.4 Å². The average Bonchev–Trinajstić information content (AvgIpc) is 1.64. The predicted molar refractivity (Wildman–Crippen MR) is 510 cm³/mol. The van der Waals surface area contributed by atoms with E-state index in [4.69, 9.17) is 10.7 Å². The molecule has 694 valence electrons. The first-order valence-electron chi connectivity index (χ1n) is 44.6. The second-order valence-electron chi connectivity index (χ2n) is 35.0. The van der Waals surface area contributed by atoms with Gasteiger partial charge in [-0.05, 0) is 171 Å². The molecule has 23 rings (SSSR count). The third-order valence-electron chi connectivity index (χ3n) is 23.5. The van der Waals surface area contributed by atoms with E-state index in [-0.39, 0.29) is 65.6 Å². The number of fused-ring (bicyclic) bond motifs is 5. The zero-order valence-corrected chi connectivity index (χ0v) is 73.9. The largest absolute Gasteiger partial charge is 0.508 e. The zero-order chi connectivity index (χ0) is 94.3. The molecule has 2 aromatic carbocycles. The Hall–Kier alpha value is -16.9. The number of methoxy groups -OCH3 is 1. The number of nitrogens with zero attached hydrogens (tertiary/aromatic N) is 15. The lowest BCUT2D eigenvalue weighted by Crippen LogP contribution is -2.16. The van der Waals surface area contributed by atoms with Crippen LogP contribution < -0.4 is 80.2 Å². The van der Waals surface area contributed by atoms with Gasteiger partial charge in [-0.25, -0.2) is 38.5 Å². The van der Waals surface area contributed by atoms with Crippen molar-refractivity contribution in [2.45, 2.75) is 127 Å². The van der Waals surface area contributed by atoms with Gasteiger partial charge in [-0.3, -0.25) is 34.1 Å². The van der Waals surface area contributed by atoms with E-state index >= 15 is 0 Å². The van der Waals surface area contributed by atoms with Gasteiger partial charge in [-0.15, -0.1) is 0 Å². The SMILES string of the molecule is C=C1NC(=O)C/C1=C\c1cnn2c(NC3CC3)cc(N)nc12.C=C1NC(=O)C/C1=C\c1cnn2c(NC3CC3)cc(NC(=O)C3CC3)nc12.C=C1NC(=O)C/C1=C\c1cnn2c(NC3CC3)cc(NC(=O)OC)nc12.C=C1NC(=O)C/C1=C\c1cnn2c(NCC3CC3)cc(Nc3cc(F)cc(F)c3)nc12.C=C1NC(=O)C/C1=C\c1cnn2c(NCC3CC3)cc(Nc3cccc(O)c3)nc12. The molecule has 41 heteroatoms. The summed E-state index contributed by atoms with van der Waals surface area (Å²) < 4.78 is 40.5. The van der Waals surface area contributed by atoms with Crippen LogP contribution in [0.3, 0.4) is 0 Å². The standard InChI is InChI=1S/C22H20F2N6O.C22H22N6O2.C19H20N6O2.C17H18N6O3.C15H16N6O/c1-12-14(5-21(31)27-12)4-15-11-26-30-20(25-10-13-2-3-13)9-19(29-22(15)30)28-18-7-16(23)6-17(24)8-18;1-13-15(8-21(30)25-13)7-16-12-24-28-20(23-11-14-5-6-14)10-19(27-22(16)28)26-17-3-2-4-18(29)9-17;1-10-12(7-17(26)21-10)6-13-9-20-25-16(22-14-4-5-14)8-15(23-18(13)25)24-19(27)11-2-3-11;1-9-10(6-15(24)19-9)5-11-8-18-23-14(20-12-3-4-12)7-13(21-16(11)23)22-17(25)26-2;1-8-9(5-14(22)18-8)4-10-7-17-21-13(19-11-2-3-11)6-12(16)20-15(10)21/h4,6-9,11,13,25H,1-3,5,10H2,(H,27,31)(H,28,29);2-4,7,9-10,12,14,23,29H,1,5-6,8,11H2,(H,25,30)(H,26,27);6,8-9,11,14,22H,1-5,7H2,(H,21,26)(H,23,24,27);5,7-8,12,20H,1,3-4,6H2,2H3,(H,19,24)(H,21,22,25);4,6-7,11,19H,1-3,5H2,(H2,16,20)(H,18,22)/b14-4+;15-7+;12-6+;10-5+;9-4+. The van der Waals surface area contributed by atoms with Gasteiger partial charge >= 0.3 is 6.09 Å². The number of hydrogen-bond acceptors (Lipinski definition) is 27. The first-order chi connectivity index (χ1) is 65.7. The van der Waals surface area contributed by atoms with Crippen molar-refractivity contribution in [1.29, 1.82) is 0 Å². The number of aromatic hydroxyl groups is 1. The van der Waals surface area contributed by atoms with E-state index in [1.165, 1.54) is 44.9 Å². The maximum Gasteiger partial charge on any atom is 0.412 e. The number of nitrogens with one attached hydrogen (secondary N) is 14. The predicted octanol–water partition coefficient (Wildman–Crippen LogP) is 12.7. The maximum atomic E-state index is 13.6. The number of carbonyl (C=O) groups excluding carboxylic acids is 7. The highest BCUT2D eigenvalue weighted by atomic mass is 19.1. The number of aromatic nitrogens is 15. The van der Waals surface area contributed by atoms with Gasteiger partial charge in [0.25, 0.3) is 0 Å². The number of allylic oxidation sites excluding steroid dienone is 5. The van der Waals surface area contributed by atoms with Gasteiger partial charge in [0.2, 0.25) is 35.4 Å². The number of amides is 7. The molecule has 15 heterocycles. The number of phenols is 1. The average molecular weight is 1840 g/mol. The van der Waals surface area contributed by atoms with E-state index in [1.807, 2.05) is 48.6 Å². The van der Waals surface area contributed by atoms with E-state index in [2.05, 4.69) is 157 Å². The monoisotopic (exact) mass is 1840 g/mol. The highest BCUT2D eigenvalue weighted by Crippen LogP contribution is 2.39. The fraction of sp³-hybridized carbons (Fsp3) is 0.274. The van der Waals surface area contributed by atoms with Crippen molar-refractivity contribution in [2.24, 2.45) is 17.8 Å². The molecule has 5 saturated heterocycles. The Balaban J connectivity index is 0.000000109. The number of anilines is 12. The van der Waals surface area contributed by atoms with E-state index in [0.29, 0.717) is 146 Å². The molecule has 10 aromatic heterocycles. The summed E-state index contributed by atoms with van der Waals surface area (Å²) >= 11 is 0. The first-order valence-corrected chi connectivity index (χ1v) is 44.6. The fourth-order valence-electron chi connectivity index (χ4n) is 15.4. The molecule has 0 radical (unpaired) electrons. The lowest BCUT2D eigenvalue weighted by atomic mass is 10.1. The maximum absolute atomic E-state index is 13.6. The van der Waals surface area contributed by atoms with Crippen molar-refractivity contribution >= 4 is 170 Å². The third kappa shape index (κ3) is 21.3. The Labute approximate surface area is 774 Å². The van der Waals surface area contributed by atoms with Crippen LogP contribution in [-0.2, 0) is 33.5 Å². The summed E-state index contributed by atoms with van der Waals surface area (Å²) in [5, 5.41) is 74.3. The lowest BCUT2D eigenvalue weighted by molar-refractivity contribution is -0.119. The van der Waals surface area contributed by atoms with Crippen LogP contribution >= 0.6 is 0 Å². The van der Waals surface area contributed by atoms with Crippen LogP contribution in [0.4, 0.5) is 83.1 Å².